The molecule has 2 heterocycles. The maximum absolute atomic E-state index is 4.18. The molecule has 0 aliphatic carbocycles. The van der Waals surface area contributed by atoms with Crippen molar-refractivity contribution in [3.8, 4) is 0 Å². The Hall–Kier alpha value is -1.63. The van der Waals surface area contributed by atoms with E-state index in [0.29, 0.717) is 0 Å². The van der Waals surface area contributed by atoms with E-state index < -0.39 is 0 Å². The lowest BCUT2D eigenvalue weighted by atomic mass is 10.2. The van der Waals surface area contributed by atoms with Crippen molar-refractivity contribution in [2.45, 2.75) is 6.54 Å². The molecule has 0 unspecified atom stereocenters. The van der Waals surface area contributed by atoms with Crippen molar-refractivity contribution in [2.75, 3.05) is 51.6 Å². The summed E-state index contributed by atoms with van der Waals surface area (Å²) in [7, 11) is 2.18. The molecule has 2 aromatic rings. The molecule has 0 bridgehead atoms. The summed E-state index contributed by atoms with van der Waals surface area (Å²) >= 11 is 0. The lowest BCUT2D eigenvalue weighted by molar-refractivity contribution is 0.158. The van der Waals surface area contributed by atoms with E-state index in [0.717, 1.165) is 51.6 Å². The standard InChI is InChI=1S/C16H24N6.ClH/c1-20-9-11-21(12-10-20)8-7-17-16-14-22(19-18-16)13-15-5-3-2-4-6-15;/h2-6,14,17H,7-13H2,1H3;1H. The number of benzene rings is 1. The summed E-state index contributed by atoms with van der Waals surface area (Å²) in [5, 5.41) is 11.7. The highest BCUT2D eigenvalue weighted by molar-refractivity contribution is 5.85. The van der Waals surface area contributed by atoms with Gasteiger partial charge in [-0.25, -0.2) is 4.68 Å². The van der Waals surface area contributed by atoms with Crippen LogP contribution in [0.15, 0.2) is 36.5 Å². The minimum Gasteiger partial charge on any atom is -0.366 e. The van der Waals surface area contributed by atoms with Gasteiger partial charge in [0.25, 0.3) is 0 Å². The second kappa shape index (κ2) is 8.86. The Morgan fingerprint density at radius 1 is 1.09 bits per heavy atom. The van der Waals surface area contributed by atoms with E-state index in [4.69, 9.17) is 0 Å². The van der Waals surface area contributed by atoms with Gasteiger partial charge in [0.1, 0.15) is 0 Å². The van der Waals surface area contributed by atoms with Gasteiger partial charge in [0.05, 0.1) is 12.7 Å². The summed E-state index contributed by atoms with van der Waals surface area (Å²) in [6.07, 6.45) is 1.97. The van der Waals surface area contributed by atoms with Crippen molar-refractivity contribution < 1.29 is 0 Å². The Balaban J connectivity index is 0.00000192. The molecule has 1 aliphatic heterocycles. The first-order valence-corrected chi connectivity index (χ1v) is 7.88. The molecule has 0 spiro atoms. The van der Waals surface area contributed by atoms with E-state index in [1.54, 1.807) is 0 Å². The Bertz CT molecular complexity index is 565. The van der Waals surface area contributed by atoms with Crippen LogP contribution in [0.25, 0.3) is 0 Å². The van der Waals surface area contributed by atoms with Crippen LogP contribution in [0.1, 0.15) is 5.56 Å². The number of likely N-dealkylation sites (N-methyl/N-ethyl adjacent to an activating group) is 1. The van der Waals surface area contributed by atoms with Crippen molar-refractivity contribution in [2.24, 2.45) is 0 Å². The van der Waals surface area contributed by atoms with Crippen molar-refractivity contribution in [3.05, 3.63) is 42.1 Å². The highest BCUT2D eigenvalue weighted by Crippen LogP contribution is 2.05. The van der Waals surface area contributed by atoms with Crippen LogP contribution in [0, 0.1) is 0 Å². The zero-order valence-electron chi connectivity index (χ0n) is 13.6. The third-order valence-corrected chi connectivity index (χ3v) is 4.06. The largest absolute Gasteiger partial charge is 0.366 e. The Morgan fingerprint density at radius 3 is 2.57 bits per heavy atom. The van der Waals surface area contributed by atoms with E-state index in [1.807, 2.05) is 29.1 Å². The first-order valence-electron chi connectivity index (χ1n) is 7.88. The van der Waals surface area contributed by atoms with Crippen LogP contribution in [0.4, 0.5) is 5.82 Å². The molecule has 6 nitrogen and oxygen atoms in total. The predicted octanol–water partition coefficient (Wildman–Crippen LogP) is 1.41. The predicted molar refractivity (Wildman–Crippen MR) is 95.2 cm³/mol. The van der Waals surface area contributed by atoms with Gasteiger partial charge >= 0.3 is 0 Å². The van der Waals surface area contributed by atoms with Crippen LogP contribution in [-0.4, -0.2) is 71.1 Å². The van der Waals surface area contributed by atoms with Gasteiger partial charge in [-0.15, -0.1) is 17.5 Å². The highest BCUT2D eigenvalue weighted by atomic mass is 35.5. The quantitative estimate of drug-likeness (QED) is 0.864. The van der Waals surface area contributed by atoms with Gasteiger partial charge in [0.15, 0.2) is 5.82 Å². The first-order chi connectivity index (χ1) is 10.8. The SMILES string of the molecule is CN1CCN(CCNc2cn(Cc3ccccc3)nn2)CC1.Cl. The number of halogens is 1. The van der Waals surface area contributed by atoms with Crippen molar-refractivity contribution >= 4 is 18.2 Å². The molecule has 1 N–H and O–H groups in total. The normalized spacial score (nSPS) is 16.0. The number of nitrogens with one attached hydrogen (secondary N) is 1. The zero-order chi connectivity index (χ0) is 15.2. The number of rotatable bonds is 6. The molecular formula is C16H25ClN6. The van der Waals surface area contributed by atoms with E-state index in [9.17, 15) is 0 Å². The summed E-state index contributed by atoms with van der Waals surface area (Å²) in [6, 6.07) is 10.3. The molecule has 1 aromatic carbocycles. The monoisotopic (exact) mass is 336 g/mol. The number of hydrogen-bond acceptors (Lipinski definition) is 5. The van der Waals surface area contributed by atoms with Crippen LogP contribution in [0.3, 0.4) is 0 Å². The zero-order valence-corrected chi connectivity index (χ0v) is 14.4. The molecule has 0 atom stereocenters. The van der Waals surface area contributed by atoms with E-state index in [2.05, 4.69) is 44.6 Å². The summed E-state index contributed by atoms with van der Waals surface area (Å²) in [4.78, 5) is 4.86. The summed E-state index contributed by atoms with van der Waals surface area (Å²) < 4.78 is 1.87. The molecule has 3 rings (SSSR count). The van der Waals surface area contributed by atoms with Gasteiger partial charge in [0.2, 0.25) is 0 Å². The number of hydrogen-bond donors (Lipinski definition) is 1. The molecule has 0 radical (unpaired) electrons. The highest BCUT2D eigenvalue weighted by Gasteiger charge is 2.12. The van der Waals surface area contributed by atoms with E-state index in [1.165, 1.54) is 5.56 Å². The fourth-order valence-corrected chi connectivity index (χ4v) is 2.64. The fourth-order valence-electron chi connectivity index (χ4n) is 2.64. The summed E-state index contributed by atoms with van der Waals surface area (Å²) in [5.41, 5.74) is 1.23. The molecule has 1 saturated heterocycles. The maximum Gasteiger partial charge on any atom is 0.168 e. The fraction of sp³-hybridized carbons (Fsp3) is 0.500. The van der Waals surface area contributed by atoms with Gasteiger partial charge in [0, 0.05) is 39.3 Å². The first kappa shape index (κ1) is 17.7. The Labute approximate surface area is 143 Å². The Kier molecular flexibility index (Phi) is 6.83. The van der Waals surface area contributed by atoms with Crippen LogP contribution in [-0.2, 0) is 6.54 Å². The molecule has 1 fully saturated rings. The smallest absolute Gasteiger partial charge is 0.168 e. The van der Waals surface area contributed by atoms with Crippen molar-refractivity contribution in [1.82, 2.24) is 24.8 Å². The third-order valence-electron chi connectivity index (χ3n) is 4.06. The van der Waals surface area contributed by atoms with Crippen LogP contribution >= 0.6 is 12.4 Å². The van der Waals surface area contributed by atoms with Crippen molar-refractivity contribution in [3.63, 3.8) is 0 Å². The minimum atomic E-state index is 0. The van der Waals surface area contributed by atoms with Gasteiger partial charge in [-0.1, -0.05) is 35.5 Å². The topological polar surface area (TPSA) is 49.2 Å². The van der Waals surface area contributed by atoms with Crippen LogP contribution in [0.2, 0.25) is 0 Å². The number of aromatic nitrogens is 3. The van der Waals surface area contributed by atoms with E-state index in [-0.39, 0.29) is 12.4 Å². The molecule has 1 aromatic heterocycles. The molecule has 0 amide bonds. The van der Waals surface area contributed by atoms with Crippen molar-refractivity contribution in [1.29, 1.82) is 0 Å². The Morgan fingerprint density at radius 2 is 1.83 bits per heavy atom. The lowest BCUT2D eigenvalue weighted by Crippen LogP contribution is -2.45. The summed E-state index contributed by atoms with van der Waals surface area (Å²) in [5.74, 6) is 0.852. The number of nitrogens with zero attached hydrogens (tertiary/aromatic N) is 5. The van der Waals surface area contributed by atoms with Crippen LogP contribution in [0.5, 0.6) is 0 Å². The third kappa shape index (κ3) is 5.49. The van der Waals surface area contributed by atoms with Gasteiger partial charge in [-0.3, -0.25) is 4.90 Å². The lowest BCUT2D eigenvalue weighted by Gasteiger charge is -2.32. The number of piperazine rings is 1. The number of anilines is 1. The van der Waals surface area contributed by atoms with Gasteiger partial charge < -0.3 is 10.2 Å². The molecular weight excluding hydrogens is 312 g/mol. The average molecular weight is 337 g/mol. The minimum absolute atomic E-state index is 0. The molecule has 1 aliphatic rings. The van der Waals surface area contributed by atoms with Crippen LogP contribution < -0.4 is 5.32 Å². The van der Waals surface area contributed by atoms with Gasteiger partial charge in [-0.05, 0) is 12.6 Å². The molecule has 0 saturated carbocycles. The second-order valence-electron chi connectivity index (χ2n) is 5.86. The molecule has 126 valence electrons. The van der Waals surface area contributed by atoms with Gasteiger partial charge in [-0.2, -0.15) is 0 Å². The average Bonchev–Trinajstić information content (AvgIpc) is 2.98. The molecule has 23 heavy (non-hydrogen) atoms. The molecule has 7 heteroatoms. The summed E-state index contributed by atoms with van der Waals surface area (Å²) in [6.45, 7) is 7.35. The van der Waals surface area contributed by atoms with E-state index >= 15 is 0 Å². The maximum atomic E-state index is 4.18. The second-order valence-corrected chi connectivity index (χ2v) is 5.86.